The molecule has 11 aromatic rings. The van der Waals surface area contributed by atoms with Crippen molar-refractivity contribution in [3.8, 4) is 39.5 Å². The fourth-order valence-electron chi connectivity index (χ4n) is 8.56. The summed E-state index contributed by atoms with van der Waals surface area (Å²) in [5, 5.41) is 7.02. The average molecular weight is 1000 g/mol. The van der Waals surface area contributed by atoms with Gasteiger partial charge in [-0.25, -0.2) is 0 Å². The van der Waals surface area contributed by atoms with Gasteiger partial charge in [0.2, 0.25) is 0 Å². The minimum atomic E-state index is -2.15. The number of halogens is 1. The number of pyridine rings is 1. The minimum Gasteiger partial charge on any atom is -0.501 e. The van der Waals surface area contributed by atoms with Crippen molar-refractivity contribution in [2.75, 3.05) is 0 Å². The molecule has 0 bridgehead atoms. The van der Waals surface area contributed by atoms with E-state index in [0.29, 0.717) is 11.3 Å². The SMILES string of the molecule is CC(C)c1cc(-c2ccccc2)cc(C(C)C)c1-n1c(-c2[c-]ccc3c2oc2cc4c(ccc5ccccc54)cc23)nc2ccccc21.[2H]C([2H])([2H])c1ccc(-c2[c-]cc(F)cc2)nc1.[Ir]. The van der Waals surface area contributed by atoms with E-state index in [0.717, 1.165) is 44.4 Å². The Hall–Kier alpha value is -6.72. The summed E-state index contributed by atoms with van der Waals surface area (Å²) in [7, 11) is 0. The summed E-state index contributed by atoms with van der Waals surface area (Å²) >= 11 is 0. The molecule has 0 aliphatic heterocycles. The van der Waals surface area contributed by atoms with E-state index in [1.165, 1.54) is 73.9 Å². The molecule has 3 heterocycles. The Morgan fingerprint density at radius 3 is 2.14 bits per heavy atom. The van der Waals surface area contributed by atoms with Gasteiger partial charge in [-0.2, -0.15) is 0 Å². The van der Waals surface area contributed by atoms with Crippen LogP contribution in [0.2, 0.25) is 0 Å². The standard InChI is InChI=1S/C45H35N2O.C12H9FN.Ir/c1-27(2)36-24-32(29-13-6-5-7-14-29)25-37(28(3)4)43(36)47-41-20-11-10-19-40(41)46-45(47)35-18-12-17-34-39-23-31-22-21-30-15-8-9-16-33(30)38(31)26-42(39)48-44(34)35;1-9-2-7-12(14-8-9)10-3-5-11(13)6-4-10;/h5-17,19-28H,1-4H3;2-3,5-8H,1H3;/q2*-1;/i;1D3;. The first-order chi connectivity index (χ1) is 31.4. The topological polar surface area (TPSA) is 43.9 Å². The van der Waals surface area contributed by atoms with Gasteiger partial charge in [-0.05, 0) is 110 Å². The summed E-state index contributed by atoms with van der Waals surface area (Å²) in [5.41, 5.74) is 12.2. The third-order valence-corrected chi connectivity index (χ3v) is 11.6. The normalized spacial score (nSPS) is 12.4. The molecule has 8 aromatic carbocycles. The van der Waals surface area contributed by atoms with Crippen molar-refractivity contribution >= 4 is 54.5 Å². The molecule has 0 N–H and O–H groups in total. The van der Waals surface area contributed by atoms with Crippen LogP contribution >= 0.6 is 0 Å². The number of aromatic nitrogens is 3. The zero-order valence-corrected chi connectivity index (χ0v) is 37.6. The molecule has 0 unspecified atom stereocenters. The number of hydrogen-bond donors (Lipinski definition) is 0. The molecule has 0 amide bonds. The number of aryl methyl sites for hydroxylation is 1. The zero-order valence-electron chi connectivity index (χ0n) is 38.2. The monoisotopic (exact) mass is 1000 g/mol. The van der Waals surface area contributed by atoms with Crippen molar-refractivity contribution in [1.82, 2.24) is 14.5 Å². The molecule has 311 valence electrons. The maximum Gasteiger partial charge on any atom is 0.121 e. The van der Waals surface area contributed by atoms with Crippen LogP contribution < -0.4 is 0 Å². The van der Waals surface area contributed by atoms with E-state index in [4.69, 9.17) is 13.5 Å². The molecule has 0 aliphatic carbocycles. The fraction of sp³-hybridized carbons (Fsp3) is 0.123. The van der Waals surface area contributed by atoms with Crippen LogP contribution in [0.3, 0.4) is 0 Å². The predicted octanol–water partition coefficient (Wildman–Crippen LogP) is 15.6. The van der Waals surface area contributed by atoms with Gasteiger partial charge in [0.25, 0.3) is 0 Å². The van der Waals surface area contributed by atoms with Crippen molar-refractivity contribution in [3.63, 3.8) is 0 Å². The number of nitrogens with zero attached hydrogens (tertiary/aromatic N) is 3. The summed E-state index contributed by atoms with van der Waals surface area (Å²) in [4.78, 5) is 9.36. The van der Waals surface area contributed by atoms with Gasteiger partial charge in [0, 0.05) is 47.3 Å². The second kappa shape index (κ2) is 17.2. The molecule has 6 heteroatoms. The van der Waals surface area contributed by atoms with Crippen LogP contribution in [0, 0.1) is 24.8 Å². The van der Waals surface area contributed by atoms with Gasteiger partial charge >= 0.3 is 0 Å². The molecule has 0 saturated heterocycles. The Bertz CT molecular complexity index is 3510. The molecule has 4 nitrogen and oxygen atoms in total. The van der Waals surface area contributed by atoms with E-state index >= 15 is 0 Å². The van der Waals surface area contributed by atoms with E-state index in [2.05, 4.69) is 171 Å². The molecular weight excluding hydrogens is 954 g/mol. The fourth-order valence-corrected chi connectivity index (χ4v) is 8.56. The number of rotatable bonds is 6. The summed E-state index contributed by atoms with van der Waals surface area (Å²) in [6.45, 7) is 7.00. The van der Waals surface area contributed by atoms with Gasteiger partial charge in [0.15, 0.2) is 0 Å². The summed E-state index contributed by atoms with van der Waals surface area (Å²) < 4.78 is 43.5. The van der Waals surface area contributed by atoms with Gasteiger partial charge in [0.05, 0.1) is 22.4 Å². The smallest absolute Gasteiger partial charge is 0.121 e. The van der Waals surface area contributed by atoms with E-state index in [1.54, 1.807) is 12.1 Å². The van der Waals surface area contributed by atoms with E-state index in [1.807, 2.05) is 6.07 Å². The minimum absolute atomic E-state index is 0. The Kier molecular flexibility index (Phi) is 10.4. The third kappa shape index (κ3) is 7.75. The number of para-hydroxylation sites is 2. The van der Waals surface area contributed by atoms with Gasteiger partial charge in [-0.3, -0.25) is 9.37 Å². The van der Waals surface area contributed by atoms with Crippen LogP contribution in [0.1, 0.15) is 60.3 Å². The molecular formula is C57H44FIrN3O-2. The van der Waals surface area contributed by atoms with Crippen LogP contribution in [0.25, 0.3) is 94.0 Å². The van der Waals surface area contributed by atoms with Crippen LogP contribution in [-0.4, -0.2) is 14.5 Å². The summed E-state index contributed by atoms with van der Waals surface area (Å²) in [6, 6.07) is 59.0. The first-order valence-electron chi connectivity index (χ1n) is 22.5. The van der Waals surface area contributed by atoms with E-state index in [9.17, 15) is 4.39 Å². The van der Waals surface area contributed by atoms with Gasteiger partial charge in [0.1, 0.15) is 5.58 Å². The van der Waals surface area contributed by atoms with Crippen molar-refractivity contribution in [2.45, 2.75) is 46.4 Å². The molecule has 0 spiro atoms. The first-order valence-corrected chi connectivity index (χ1v) is 21.0. The third-order valence-electron chi connectivity index (χ3n) is 11.6. The second-order valence-electron chi connectivity index (χ2n) is 16.3. The summed E-state index contributed by atoms with van der Waals surface area (Å²) in [6.07, 6.45) is 1.31. The van der Waals surface area contributed by atoms with Crippen molar-refractivity contribution < 1.29 is 33.0 Å². The maximum absolute atomic E-state index is 12.7. The molecule has 63 heavy (non-hydrogen) atoms. The maximum atomic E-state index is 12.7. The van der Waals surface area contributed by atoms with Crippen molar-refractivity contribution in [1.29, 1.82) is 0 Å². The Morgan fingerprint density at radius 2 is 1.41 bits per heavy atom. The predicted molar refractivity (Wildman–Crippen MR) is 254 cm³/mol. The number of furan rings is 1. The first kappa shape index (κ1) is 38.0. The Morgan fingerprint density at radius 1 is 0.667 bits per heavy atom. The number of imidazole rings is 1. The molecule has 0 aliphatic rings. The Balaban J connectivity index is 0.000000257. The van der Waals surface area contributed by atoms with Crippen LogP contribution in [0.15, 0.2) is 168 Å². The second-order valence-corrected chi connectivity index (χ2v) is 16.3. The molecule has 0 fully saturated rings. The number of hydrogen-bond acceptors (Lipinski definition) is 3. The Labute approximate surface area is 384 Å². The zero-order chi connectivity index (χ0) is 45.0. The largest absolute Gasteiger partial charge is 0.501 e. The quantitative estimate of drug-likeness (QED) is 0.123. The summed E-state index contributed by atoms with van der Waals surface area (Å²) in [5.74, 6) is 1.03. The average Bonchev–Trinajstić information content (AvgIpc) is 3.89. The molecule has 0 atom stereocenters. The van der Waals surface area contributed by atoms with Crippen LogP contribution in [-0.2, 0) is 20.1 Å². The van der Waals surface area contributed by atoms with Crippen molar-refractivity contribution in [3.05, 3.63) is 199 Å². The van der Waals surface area contributed by atoms with Gasteiger partial charge in [-0.1, -0.05) is 130 Å². The van der Waals surface area contributed by atoms with Crippen LogP contribution in [0.5, 0.6) is 0 Å². The van der Waals surface area contributed by atoms with Gasteiger partial charge in [-0.15, -0.1) is 48.0 Å². The molecule has 11 rings (SSSR count). The molecule has 1 radical (unpaired) electrons. The van der Waals surface area contributed by atoms with Gasteiger partial charge < -0.3 is 14.0 Å². The van der Waals surface area contributed by atoms with E-state index in [-0.39, 0.29) is 43.3 Å². The van der Waals surface area contributed by atoms with Crippen LogP contribution in [0.4, 0.5) is 4.39 Å². The number of fused-ring (bicyclic) bond motifs is 7. The number of benzene rings is 8. The van der Waals surface area contributed by atoms with E-state index < -0.39 is 6.85 Å². The molecule has 0 saturated carbocycles. The van der Waals surface area contributed by atoms with Crippen molar-refractivity contribution in [2.24, 2.45) is 0 Å². The molecule has 3 aromatic heterocycles.